The van der Waals surface area contributed by atoms with Crippen LogP contribution in [0.4, 0.5) is 0 Å². The molecule has 0 aliphatic rings. The average Bonchev–Trinajstić information content (AvgIpc) is 2.12. The Bertz CT molecular complexity index is 213. The van der Waals surface area contributed by atoms with E-state index >= 15 is 0 Å². The molecule has 0 aliphatic carbocycles. The fraction of sp³-hybridized carbons (Fsp3) is 0.909. The van der Waals surface area contributed by atoms with Crippen LogP contribution in [0.25, 0.3) is 5.53 Å². The van der Waals surface area contributed by atoms with Crippen molar-refractivity contribution in [3.05, 3.63) is 5.53 Å². The van der Waals surface area contributed by atoms with Crippen LogP contribution in [0, 0.1) is 5.92 Å². The minimum absolute atomic E-state index is 0.238. The summed E-state index contributed by atoms with van der Waals surface area (Å²) in [5.41, 5.74) is 15.4. The van der Waals surface area contributed by atoms with E-state index in [0.717, 1.165) is 25.0 Å². The monoisotopic (exact) mass is 197 g/mol. The number of nitrogens with zero attached hydrogens (tertiary/aromatic N) is 2. The Balaban J connectivity index is 4.12. The molecule has 0 aromatic carbocycles. The summed E-state index contributed by atoms with van der Waals surface area (Å²) in [6.45, 7) is 8.37. The third-order valence-corrected chi connectivity index (χ3v) is 2.57. The predicted octanol–water partition coefficient (Wildman–Crippen LogP) is 2.61. The van der Waals surface area contributed by atoms with Crippen LogP contribution in [0.2, 0.25) is 0 Å². The number of rotatable bonds is 6. The number of hydrogen-bond donors (Lipinski definition) is 1. The highest BCUT2D eigenvalue weighted by Crippen LogP contribution is 2.14. The van der Waals surface area contributed by atoms with Crippen LogP contribution >= 0.6 is 0 Å². The maximum absolute atomic E-state index is 8.83. The lowest BCUT2D eigenvalue weighted by molar-refractivity contribution is -0.0135. The molecule has 0 heterocycles. The van der Waals surface area contributed by atoms with Gasteiger partial charge in [0.25, 0.3) is 5.71 Å². The number of nitrogens with two attached hydrogens (primary N) is 1. The first-order valence-corrected chi connectivity index (χ1v) is 5.40. The molecule has 0 amide bonds. The standard InChI is InChI=1S/C11H23N3/c1-5-11(4,12)8-10(14-13)7-6-9(2)3/h9H,5-8,12H2,1-4H3. The van der Waals surface area contributed by atoms with E-state index in [4.69, 9.17) is 11.3 Å². The zero-order chi connectivity index (χ0) is 11.2. The molecule has 0 spiro atoms. The highest BCUT2D eigenvalue weighted by Gasteiger charge is 2.23. The summed E-state index contributed by atoms with van der Waals surface area (Å²) in [5, 5.41) is 0. The Labute approximate surface area is 87.3 Å². The lowest BCUT2D eigenvalue weighted by Gasteiger charge is -2.19. The first-order valence-electron chi connectivity index (χ1n) is 5.40. The largest absolute Gasteiger partial charge is 0.362 e. The molecule has 2 N–H and O–H groups in total. The Morgan fingerprint density at radius 2 is 2.07 bits per heavy atom. The molecule has 0 fully saturated rings. The van der Waals surface area contributed by atoms with E-state index in [9.17, 15) is 0 Å². The third kappa shape index (κ3) is 5.90. The summed E-state index contributed by atoms with van der Waals surface area (Å²) >= 11 is 0. The van der Waals surface area contributed by atoms with Gasteiger partial charge in [-0.05, 0) is 25.7 Å². The van der Waals surface area contributed by atoms with Crippen LogP contribution in [0.5, 0.6) is 0 Å². The van der Waals surface area contributed by atoms with E-state index in [2.05, 4.69) is 25.6 Å². The molecule has 0 saturated carbocycles. The van der Waals surface area contributed by atoms with E-state index in [1.54, 1.807) is 0 Å². The maximum atomic E-state index is 8.83. The first-order chi connectivity index (χ1) is 6.41. The normalized spacial score (nSPS) is 15.0. The van der Waals surface area contributed by atoms with Gasteiger partial charge in [-0.2, -0.15) is 4.79 Å². The van der Waals surface area contributed by atoms with Crippen molar-refractivity contribution in [2.24, 2.45) is 11.7 Å². The van der Waals surface area contributed by atoms with Crippen LogP contribution in [-0.4, -0.2) is 16.0 Å². The van der Waals surface area contributed by atoms with Crippen molar-refractivity contribution < 1.29 is 4.79 Å². The van der Waals surface area contributed by atoms with E-state index in [-0.39, 0.29) is 5.54 Å². The zero-order valence-electron chi connectivity index (χ0n) is 9.88. The van der Waals surface area contributed by atoms with Crippen molar-refractivity contribution in [1.82, 2.24) is 0 Å². The molecule has 82 valence electrons. The minimum atomic E-state index is -0.238. The molecule has 0 aromatic rings. The SMILES string of the molecule is CCC(C)(N)CC(CCC(C)C)=[N+]=[N-]. The molecule has 1 unspecified atom stereocenters. The van der Waals surface area contributed by atoms with Crippen LogP contribution in [0.1, 0.15) is 53.4 Å². The van der Waals surface area contributed by atoms with Crippen molar-refractivity contribution in [3.63, 3.8) is 0 Å². The number of hydrogen-bond acceptors (Lipinski definition) is 1. The van der Waals surface area contributed by atoms with Crippen LogP contribution < -0.4 is 5.73 Å². The van der Waals surface area contributed by atoms with E-state index < -0.39 is 0 Å². The molecular formula is C11H23N3. The predicted molar refractivity (Wildman–Crippen MR) is 60.2 cm³/mol. The van der Waals surface area contributed by atoms with Crippen molar-refractivity contribution in [2.75, 3.05) is 0 Å². The molecule has 0 saturated heterocycles. The van der Waals surface area contributed by atoms with Gasteiger partial charge in [0, 0.05) is 12.0 Å². The third-order valence-electron chi connectivity index (χ3n) is 2.57. The molecule has 0 rings (SSSR count). The highest BCUT2D eigenvalue weighted by atomic mass is 14.9. The van der Waals surface area contributed by atoms with Gasteiger partial charge in [-0.3, -0.25) is 0 Å². The molecule has 0 bridgehead atoms. The lowest BCUT2D eigenvalue weighted by Crippen LogP contribution is -2.37. The molecule has 3 heteroatoms. The first kappa shape index (κ1) is 13.3. The summed E-state index contributed by atoms with van der Waals surface area (Å²) in [7, 11) is 0. The molecule has 0 aliphatic heterocycles. The molecule has 3 nitrogen and oxygen atoms in total. The van der Waals surface area contributed by atoms with E-state index in [1.807, 2.05) is 6.92 Å². The van der Waals surface area contributed by atoms with Crippen molar-refractivity contribution >= 4 is 5.71 Å². The van der Waals surface area contributed by atoms with Gasteiger partial charge < -0.3 is 11.3 Å². The van der Waals surface area contributed by atoms with Gasteiger partial charge in [0.2, 0.25) is 0 Å². The maximum Gasteiger partial charge on any atom is 0.270 e. The molecule has 14 heavy (non-hydrogen) atoms. The van der Waals surface area contributed by atoms with Gasteiger partial charge in [-0.1, -0.05) is 20.8 Å². The summed E-state index contributed by atoms with van der Waals surface area (Å²) in [6, 6.07) is 0. The minimum Gasteiger partial charge on any atom is -0.362 e. The Morgan fingerprint density at radius 3 is 2.43 bits per heavy atom. The second-order valence-electron chi connectivity index (χ2n) is 4.78. The van der Waals surface area contributed by atoms with Gasteiger partial charge in [0.05, 0.1) is 6.42 Å². The van der Waals surface area contributed by atoms with Gasteiger partial charge in [0.15, 0.2) is 0 Å². The Kier molecular flexibility index (Phi) is 5.66. The van der Waals surface area contributed by atoms with E-state index in [1.165, 1.54) is 0 Å². The summed E-state index contributed by atoms with van der Waals surface area (Å²) in [5.74, 6) is 0.636. The molecular weight excluding hydrogens is 174 g/mol. The van der Waals surface area contributed by atoms with Gasteiger partial charge in [-0.25, -0.2) is 0 Å². The van der Waals surface area contributed by atoms with Crippen LogP contribution in [0.3, 0.4) is 0 Å². The zero-order valence-corrected chi connectivity index (χ0v) is 9.88. The van der Waals surface area contributed by atoms with Crippen molar-refractivity contribution in [2.45, 2.75) is 58.9 Å². The second-order valence-corrected chi connectivity index (χ2v) is 4.78. The quantitative estimate of drug-likeness (QED) is 0.397. The molecule has 0 radical (unpaired) electrons. The molecule has 0 aromatic heterocycles. The summed E-state index contributed by atoms with van der Waals surface area (Å²) in [4.78, 5) is 3.33. The summed E-state index contributed by atoms with van der Waals surface area (Å²) < 4.78 is 0. The fourth-order valence-electron chi connectivity index (χ4n) is 1.22. The second kappa shape index (κ2) is 5.94. The van der Waals surface area contributed by atoms with Crippen molar-refractivity contribution in [1.29, 1.82) is 0 Å². The van der Waals surface area contributed by atoms with Crippen molar-refractivity contribution in [3.8, 4) is 0 Å². The average molecular weight is 197 g/mol. The Hall–Kier alpha value is -0.660. The van der Waals surface area contributed by atoms with Crippen LogP contribution in [-0.2, 0) is 0 Å². The topological polar surface area (TPSA) is 62.4 Å². The van der Waals surface area contributed by atoms with Gasteiger partial charge in [0.1, 0.15) is 0 Å². The van der Waals surface area contributed by atoms with E-state index in [0.29, 0.717) is 12.3 Å². The van der Waals surface area contributed by atoms with Gasteiger partial charge in [-0.15, -0.1) is 0 Å². The highest BCUT2D eigenvalue weighted by molar-refractivity contribution is 5.80. The smallest absolute Gasteiger partial charge is 0.270 e. The lowest BCUT2D eigenvalue weighted by atomic mass is 9.90. The molecule has 1 atom stereocenters. The summed E-state index contributed by atoms with van der Waals surface area (Å²) in [6.07, 6.45) is 3.49. The Morgan fingerprint density at radius 1 is 1.50 bits per heavy atom. The van der Waals surface area contributed by atoms with Gasteiger partial charge >= 0.3 is 0 Å². The van der Waals surface area contributed by atoms with Crippen LogP contribution in [0.15, 0.2) is 0 Å². The fourth-order valence-corrected chi connectivity index (χ4v) is 1.22.